The first-order valence-corrected chi connectivity index (χ1v) is 6.11. The van der Waals surface area contributed by atoms with Gasteiger partial charge in [-0.25, -0.2) is 0 Å². The summed E-state index contributed by atoms with van der Waals surface area (Å²) in [4.78, 5) is 14.0. The van der Waals surface area contributed by atoms with Crippen LogP contribution in [0.5, 0.6) is 0 Å². The molecule has 0 aromatic heterocycles. The Morgan fingerprint density at radius 2 is 1.89 bits per heavy atom. The van der Waals surface area contributed by atoms with Gasteiger partial charge in [-0.15, -0.1) is 0 Å². The van der Waals surface area contributed by atoms with Crippen LogP contribution in [0.15, 0.2) is 53.6 Å². The SMILES string of the molecule is O=C1c2cc(Cl)ccc2NN=CN1c1ccccc1. The van der Waals surface area contributed by atoms with E-state index in [4.69, 9.17) is 11.6 Å². The molecule has 2 aromatic rings. The molecule has 0 fully saturated rings. The third-order valence-corrected chi connectivity index (χ3v) is 3.06. The van der Waals surface area contributed by atoms with Crippen LogP contribution in [0, 0.1) is 0 Å². The number of carbonyl (C=O) groups excluding carboxylic acids is 1. The van der Waals surface area contributed by atoms with Gasteiger partial charge in [0.2, 0.25) is 0 Å². The van der Waals surface area contributed by atoms with Crippen LogP contribution >= 0.6 is 11.6 Å². The Balaban J connectivity index is 2.08. The molecule has 94 valence electrons. The van der Waals surface area contributed by atoms with E-state index in [1.807, 2.05) is 30.3 Å². The molecule has 0 radical (unpaired) electrons. The van der Waals surface area contributed by atoms with Crippen molar-refractivity contribution in [1.82, 2.24) is 0 Å². The van der Waals surface area contributed by atoms with Crippen LogP contribution in [0.3, 0.4) is 0 Å². The van der Waals surface area contributed by atoms with E-state index in [1.54, 1.807) is 18.2 Å². The van der Waals surface area contributed by atoms with Gasteiger partial charge in [-0.3, -0.25) is 15.1 Å². The van der Waals surface area contributed by atoms with E-state index in [-0.39, 0.29) is 5.91 Å². The Bertz CT molecular complexity index is 655. The quantitative estimate of drug-likeness (QED) is 0.864. The second kappa shape index (κ2) is 4.74. The van der Waals surface area contributed by atoms with Crippen molar-refractivity contribution < 1.29 is 4.79 Å². The lowest BCUT2D eigenvalue weighted by Gasteiger charge is -2.16. The molecule has 2 aromatic carbocycles. The summed E-state index contributed by atoms with van der Waals surface area (Å²) >= 11 is 5.95. The van der Waals surface area contributed by atoms with Crippen molar-refractivity contribution in [3.05, 3.63) is 59.1 Å². The van der Waals surface area contributed by atoms with E-state index in [2.05, 4.69) is 10.5 Å². The van der Waals surface area contributed by atoms with Gasteiger partial charge >= 0.3 is 0 Å². The number of fused-ring (bicyclic) bond motifs is 1. The monoisotopic (exact) mass is 271 g/mol. The lowest BCUT2D eigenvalue weighted by atomic mass is 10.1. The Kier molecular flexibility index (Phi) is 2.93. The van der Waals surface area contributed by atoms with Gasteiger partial charge in [0.05, 0.1) is 16.9 Å². The molecule has 4 nitrogen and oxygen atoms in total. The van der Waals surface area contributed by atoms with Crippen LogP contribution in [0.1, 0.15) is 10.4 Å². The minimum absolute atomic E-state index is 0.169. The average molecular weight is 272 g/mol. The van der Waals surface area contributed by atoms with Crippen LogP contribution in [-0.2, 0) is 0 Å². The molecule has 0 saturated heterocycles. The predicted octanol–water partition coefficient (Wildman–Crippen LogP) is 3.36. The second-order valence-electron chi connectivity index (χ2n) is 4.06. The summed E-state index contributed by atoms with van der Waals surface area (Å²) in [6.07, 6.45) is 1.46. The number of amides is 1. The zero-order chi connectivity index (χ0) is 13.2. The number of hydrogen-bond donors (Lipinski definition) is 1. The summed E-state index contributed by atoms with van der Waals surface area (Å²) in [6.45, 7) is 0. The average Bonchev–Trinajstić information content (AvgIpc) is 2.60. The molecule has 1 heterocycles. The first-order chi connectivity index (χ1) is 9.25. The molecule has 3 rings (SSSR count). The first-order valence-electron chi connectivity index (χ1n) is 5.73. The van der Waals surface area contributed by atoms with Gasteiger partial charge in [0.25, 0.3) is 5.91 Å². The largest absolute Gasteiger partial charge is 0.276 e. The number of hydrogen-bond acceptors (Lipinski definition) is 3. The number of carbonyl (C=O) groups is 1. The van der Waals surface area contributed by atoms with E-state index < -0.39 is 0 Å². The van der Waals surface area contributed by atoms with E-state index >= 15 is 0 Å². The highest BCUT2D eigenvalue weighted by atomic mass is 35.5. The maximum Gasteiger partial charge on any atom is 0.265 e. The first kappa shape index (κ1) is 11.7. The smallest absolute Gasteiger partial charge is 0.265 e. The molecule has 5 heteroatoms. The Labute approximate surface area is 115 Å². The number of anilines is 2. The molecule has 0 unspecified atom stereocenters. The molecule has 0 saturated carbocycles. The summed E-state index contributed by atoms with van der Waals surface area (Å²) < 4.78 is 0. The van der Waals surface area contributed by atoms with E-state index in [1.165, 1.54) is 11.2 Å². The van der Waals surface area contributed by atoms with Gasteiger partial charge in [0.1, 0.15) is 6.34 Å². The highest BCUT2D eigenvalue weighted by Crippen LogP contribution is 2.25. The summed E-state index contributed by atoms with van der Waals surface area (Å²) in [7, 11) is 0. The molecule has 1 N–H and O–H groups in total. The normalized spacial score (nSPS) is 13.7. The minimum atomic E-state index is -0.169. The van der Waals surface area contributed by atoms with Gasteiger partial charge in [0, 0.05) is 5.02 Å². The molecule has 1 amide bonds. The molecular weight excluding hydrogens is 262 g/mol. The van der Waals surface area contributed by atoms with Crippen LogP contribution < -0.4 is 10.3 Å². The molecule has 0 aliphatic carbocycles. The van der Waals surface area contributed by atoms with Gasteiger partial charge < -0.3 is 0 Å². The summed E-state index contributed by atoms with van der Waals surface area (Å²) in [6, 6.07) is 14.4. The van der Waals surface area contributed by atoms with E-state index in [9.17, 15) is 4.79 Å². The maximum atomic E-state index is 12.5. The lowest BCUT2D eigenvalue weighted by Crippen LogP contribution is -2.28. The number of rotatable bonds is 1. The van der Waals surface area contributed by atoms with Crippen LogP contribution in [0.25, 0.3) is 0 Å². The van der Waals surface area contributed by atoms with Gasteiger partial charge in [-0.05, 0) is 30.3 Å². The third kappa shape index (κ3) is 2.18. The molecule has 1 aliphatic rings. The van der Waals surface area contributed by atoms with E-state index in [0.29, 0.717) is 16.3 Å². The number of nitrogens with zero attached hydrogens (tertiary/aromatic N) is 2. The number of benzene rings is 2. The topological polar surface area (TPSA) is 44.7 Å². The summed E-state index contributed by atoms with van der Waals surface area (Å²) in [5.41, 5.74) is 4.72. The fraction of sp³-hybridized carbons (Fsp3) is 0. The molecule has 0 atom stereocenters. The van der Waals surface area contributed by atoms with Crippen LogP contribution in [0.2, 0.25) is 5.02 Å². The number of nitrogens with one attached hydrogen (secondary N) is 1. The van der Waals surface area contributed by atoms with Crippen LogP contribution in [0.4, 0.5) is 11.4 Å². The Morgan fingerprint density at radius 1 is 1.11 bits per heavy atom. The lowest BCUT2D eigenvalue weighted by molar-refractivity contribution is 0.100. The predicted molar refractivity (Wildman–Crippen MR) is 76.8 cm³/mol. The van der Waals surface area contributed by atoms with Gasteiger partial charge in [-0.2, -0.15) is 5.10 Å². The zero-order valence-corrected chi connectivity index (χ0v) is 10.6. The molecular formula is C14H10ClN3O. The van der Waals surface area contributed by atoms with Gasteiger partial charge in [0.15, 0.2) is 0 Å². The van der Waals surface area contributed by atoms with Crippen molar-refractivity contribution in [3.8, 4) is 0 Å². The van der Waals surface area contributed by atoms with Crippen LogP contribution in [-0.4, -0.2) is 12.2 Å². The van der Waals surface area contributed by atoms with Crippen molar-refractivity contribution in [2.24, 2.45) is 5.10 Å². The minimum Gasteiger partial charge on any atom is -0.276 e. The van der Waals surface area contributed by atoms with Crippen molar-refractivity contribution in [2.45, 2.75) is 0 Å². The standard InChI is InChI=1S/C14H10ClN3O/c15-10-6-7-13-12(8-10)14(19)18(9-16-17-13)11-4-2-1-3-5-11/h1-9,17H. The molecule has 1 aliphatic heterocycles. The van der Waals surface area contributed by atoms with Crippen molar-refractivity contribution >= 4 is 35.2 Å². The summed E-state index contributed by atoms with van der Waals surface area (Å²) in [5, 5.41) is 4.55. The fourth-order valence-electron chi connectivity index (χ4n) is 1.90. The van der Waals surface area contributed by atoms with Crippen molar-refractivity contribution in [3.63, 3.8) is 0 Å². The highest BCUT2D eigenvalue weighted by molar-refractivity contribution is 6.31. The maximum absolute atomic E-state index is 12.5. The zero-order valence-electron chi connectivity index (χ0n) is 9.88. The number of halogens is 1. The molecule has 0 bridgehead atoms. The second-order valence-corrected chi connectivity index (χ2v) is 4.49. The fourth-order valence-corrected chi connectivity index (χ4v) is 2.07. The van der Waals surface area contributed by atoms with Crippen molar-refractivity contribution in [2.75, 3.05) is 10.3 Å². The third-order valence-electron chi connectivity index (χ3n) is 2.82. The molecule has 19 heavy (non-hydrogen) atoms. The molecule has 0 spiro atoms. The van der Waals surface area contributed by atoms with E-state index in [0.717, 1.165) is 5.69 Å². The van der Waals surface area contributed by atoms with Crippen molar-refractivity contribution in [1.29, 1.82) is 0 Å². The summed E-state index contributed by atoms with van der Waals surface area (Å²) in [5.74, 6) is -0.169. The highest BCUT2D eigenvalue weighted by Gasteiger charge is 2.21. The Hall–Kier alpha value is -2.33. The Morgan fingerprint density at radius 3 is 2.68 bits per heavy atom. The van der Waals surface area contributed by atoms with Gasteiger partial charge in [-0.1, -0.05) is 29.8 Å². The number of hydrazone groups is 1. The number of para-hydroxylation sites is 1.